The number of likely N-dealkylation sites (N-methyl/N-ethyl adjacent to an activating group) is 1. The van der Waals surface area contributed by atoms with Crippen LogP contribution in [0, 0.1) is 5.92 Å². The fourth-order valence-corrected chi connectivity index (χ4v) is 2.54. The van der Waals surface area contributed by atoms with Gasteiger partial charge in [-0.15, -0.1) is 0 Å². The molecule has 2 atom stereocenters. The molecule has 0 spiro atoms. The summed E-state index contributed by atoms with van der Waals surface area (Å²) in [5.74, 6) is -0.578. The molecule has 5 heteroatoms. The SMILES string of the molecule is CCCCN1CC(C)CN(C)C(=O)C1CC(=O)O. The highest BCUT2D eigenvalue weighted by Gasteiger charge is 2.34. The molecule has 0 aromatic carbocycles. The summed E-state index contributed by atoms with van der Waals surface area (Å²) in [6.07, 6.45) is 1.95. The quantitative estimate of drug-likeness (QED) is 0.798. The van der Waals surface area contributed by atoms with Gasteiger partial charge in [0.2, 0.25) is 5.91 Å². The normalized spacial score (nSPS) is 26.2. The summed E-state index contributed by atoms with van der Waals surface area (Å²) < 4.78 is 0. The van der Waals surface area contributed by atoms with Crippen LogP contribution in [0.3, 0.4) is 0 Å². The number of amides is 1. The Balaban J connectivity index is 2.84. The van der Waals surface area contributed by atoms with E-state index in [9.17, 15) is 9.59 Å². The van der Waals surface area contributed by atoms with E-state index in [4.69, 9.17) is 5.11 Å². The maximum absolute atomic E-state index is 12.2. The minimum absolute atomic E-state index is 0.0575. The first-order chi connectivity index (χ1) is 8.45. The van der Waals surface area contributed by atoms with Gasteiger partial charge in [0.15, 0.2) is 0 Å². The number of hydrogen-bond acceptors (Lipinski definition) is 3. The van der Waals surface area contributed by atoms with E-state index in [1.807, 2.05) is 4.90 Å². The molecule has 0 radical (unpaired) electrons. The number of rotatable bonds is 5. The number of unbranched alkanes of at least 4 members (excludes halogenated alkanes) is 1. The molecular formula is C13H24N2O3. The van der Waals surface area contributed by atoms with Crippen molar-refractivity contribution in [1.82, 2.24) is 9.80 Å². The Morgan fingerprint density at radius 3 is 2.67 bits per heavy atom. The van der Waals surface area contributed by atoms with Gasteiger partial charge in [-0.2, -0.15) is 0 Å². The maximum Gasteiger partial charge on any atom is 0.305 e. The van der Waals surface area contributed by atoms with E-state index in [1.165, 1.54) is 0 Å². The molecule has 1 N–H and O–H groups in total. The van der Waals surface area contributed by atoms with Crippen LogP contribution < -0.4 is 0 Å². The molecule has 1 amide bonds. The zero-order valence-corrected chi connectivity index (χ0v) is 11.6. The second kappa shape index (κ2) is 6.73. The summed E-state index contributed by atoms with van der Waals surface area (Å²) in [5.41, 5.74) is 0. The molecule has 2 unspecified atom stereocenters. The van der Waals surface area contributed by atoms with Crippen molar-refractivity contribution in [3.63, 3.8) is 0 Å². The lowest BCUT2D eigenvalue weighted by Crippen LogP contribution is -2.46. The third-order valence-corrected chi connectivity index (χ3v) is 3.40. The molecule has 1 aliphatic rings. The van der Waals surface area contributed by atoms with Gasteiger partial charge < -0.3 is 10.0 Å². The van der Waals surface area contributed by atoms with E-state index in [2.05, 4.69) is 13.8 Å². The summed E-state index contributed by atoms with van der Waals surface area (Å²) in [5, 5.41) is 8.97. The molecule has 1 heterocycles. The minimum Gasteiger partial charge on any atom is -0.481 e. The minimum atomic E-state index is -0.905. The Morgan fingerprint density at radius 1 is 1.44 bits per heavy atom. The van der Waals surface area contributed by atoms with Crippen molar-refractivity contribution < 1.29 is 14.7 Å². The molecule has 0 saturated carbocycles. The Bertz CT molecular complexity index is 307. The van der Waals surface area contributed by atoms with E-state index in [1.54, 1.807) is 11.9 Å². The van der Waals surface area contributed by atoms with Crippen LogP contribution in [-0.4, -0.2) is 59.5 Å². The van der Waals surface area contributed by atoms with Gasteiger partial charge in [-0.1, -0.05) is 20.3 Å². The van der Waals surface area contributed by atoms with Crippen molar-refractivity contribution in [3.05, 3.63) is 0 Å². The molecular weight excluding hydrogens is 232 g/mol. The third-order valence-electron chi connectivity index (χ3n) is 3.40. The Hall–Kier alpha value is -1.10. The number of nitrogens with zero attached hydrogens (tertiary/aromatic N) is 2. The summed E-state index contributed by atoms with van der Waals surface area (Å²) in [6.45, 7) is 6.51. The first-order valence-electron chi connectivity index (χ1n) is 6.66. The van der Waals surface area contributed by atoms with Crippen molar-refractivity contribution in [1.29, 1.82) is 0 Å². The second-order valence-electron chi connectivity index (χ2n) is 5.29. The van der Waals surface area contributed by atoms with Crippen molar-refractivity contribution in [2.45, 2.75) is 39.2 Å². The zero-order chi connectivity index (χ0) is 13.7. The Kier molecular flexibility index (Phi) is 5.59. The van der Waals surface area contributed by atoms with Crippen molar-refractivity contribution in [2.24, 2.45) is 5.92 Å². The summed E-state index contributed by atoms with van der Waals surface area (Å²) >= 11 is 0. The van der Waals surface area contributed by atoms with Crippen LogP contribution in [0.25, 0.3) is 0 Å². The molecule has 0 aromatic heterocycles. The van der Waals surface area contributed by atoms with Gasteiger partial charge in [0.25, 0.3) is 0 Å². The first-order valence-corrected chi connectivity index (χ1v) is 6.66. The summed E-state index contributed by atoms with van der Waals surface area (Å²) in [4.78, 5) is 26.9. The van der Waals surface area contributed by atoms with E-state index in [0.717, 1.165) is 25.9 Å². The van der Waals surface area contributed by atoms with Crippen LogP contribution in [0.2, 0.25) is 0 Å². The number of aliphatic carboxylic acids is 1. The molecule has 1 saturated heterocycles. The van der Waals surface area contributed by atoms with E-state index >= 15 is 0 Å². The molecule has 0 aromatic rings. The van der Waals surface area contributed by atoms with E-state index in [0.29, 0.717) is 12.5 Å². The van der Waals surface area contributed by atoms with Gasteiger partial charge >= 0.3 is 5.97 Å². The van der Waals surface area contributed by atoms with Crippen LogP contribution in [0.4, 0.5) is 0 Å². The molecule has 1 rings (SSSR count). The average Bonchev–Trinajstić information content (AvgIpc) is 2.38. The fourth-order valence-electron chi connectivity index (χ4n) is 2.54. The number of carboxylic acid groups (broad SMARTS) is 1. The zero-order valence-electron chi connectivity index (χ0n) is 11.6. The lowest BCUT2D eigenvalue weighted by Gasteiger charge is -2.28. The number of carbonyl (C=O) groups excluding carboxylic acids is 1. The van der Waals surface area contributed by atoms with Crippen LogP contribution in [0.15, 0.2) is 0 Å². The highest BCUT2D eigenvalue weighted by molar-refractivity contribution is 5.86. The molecule has 1 aliphatic heterocycles. The van der Waals surface area contributed by atoms with Gasteiger partial charge in [-0.25, -0.2) is 0 Å². The highest BCUT2D eigenvalue weighted by Crippen LogP contribution is 2.17. The molecule has 18 heavy (non-hydrogen) atoms. The van der Waals surface area contributed by atoms with Gasteiger partial charge in [-0.3, -0.25) is 14.5 Å². The van der Waals surface area contributed by atoms with Gasteiger partial charge in [0.1, 0.15) is 0 Å². The number of carbonyl (C=O) groups is 2. The lowest BCUT2D eigenvalue weighted by atomic mass is 10.1. The topological polar surface area (TPSA) is 60.9 Å². The van der Waals surface area contributed by atoms with Gasteiger partial charge in [0.05, 0.1) is 12.5 Å². The monoisotopic (exact) mass is 256 g/mol. The molecule has 1 fully saturated rings. The molecule has 0 bridgehead atoms. The second-order valence-corrected chi connectivity index (χ2v) is 5.29. The van der Waals surface area contributed by atoms with Crippen molar-refractivity contribution in [3.8, 4) is 0 Å². The van der Waals surface area contributed by atoms with E-state index in [-0.39, 0.29) is 12.3 Å². The molecule has 5 nitrogen and oxygen atoms in total. The number of hydrogen-bond donors (Lipinski definition) is 1. The largest absolute Gasteiger partial charge is 0.481 e. The lowest BCUT2D eigenvalue weighted by molar-refractivity contribution is -0.144. The van der Waals surface area contributed by atoms with Crippen molar-refractivity contribution >= 4 is 11.9 Å². The maximum atomic E-state index is 12.2. The van der Waals surface area contributed by atoms with Crippen LogP contribution >= 0.6 is 0 Å². The number of carboxylic acids is 1. The van der Waals surface area contributed by atoms with Crippen LogP contribution in [0.5, 0.6) is 0 Å². The van der Waals surface area contributed by atoms with Gasteiger partial charge in [0, 0.05) is 20.1 Å². The third kappa shape index (κ3) is 3.98. The predicted octanol–water partition coefficient (Wildman–Crippen LogP) is 1.04. The highest BCUT2D eigenvalue weighted by atomic mass is 16.4. The first kappa shape index (κ1) is 15.0. The fraction of sp³-hybridized carbons (Fsp3) is 0.846. The molecule has 0 aliphatic carbocycles. The predicted molar refractivity (Wildman–Crippen MR) is 69.3 cm³/mol. The Morgan fingerprint density at radius 2 is 2.11 bits per heavy atom. The molecule has 104 valence electrons. The van der Waals surface area contributed by atoms with E-state index < -0.39 is 12.0 Å². The van der Waals surface area contributed by atoms with Crippen molar-refractivity contribution in [2.75, 3.05) is 26.7 Å². The average molecular weight is 256 g/mol. The standard InChI is InChI=1S/C13H24N2O3/c1-4-5-6-15-9-10(2)8-14(3)13(18)11(15)7-12(16)17/h10-11H,4-9H2,1-3H3,(H,16,17). The summed E-state index contributed by atoms with van der Waals surface area (Å²) in [7, 11) is 1.76. The summed E-state index contributed by atoms with van der Waals surface area (Å²) in [6, 6.07) is -0.496. The Labute approximate surface area is 109 Å². The smallest absolute Gasteiger partial charge is 0.305 e. The van der Waals surface area contributed by atoms with Crippen LogP contribution in [-0.2, 0) is 9.59 Å². The van der Waals surface area contributed by atoms with Gasteiger partial charge in [-0.05, 0) is 18.9 Å². The van der Waals surface area contributed by atoms with Crippen LogP contribution in [0.1, 0.15) is 33.1 Å².